The summed E-state index contributed by atoms with van der Waals surface area (Å²) < 4.78 is 5.29. The molecule has 1 heterocycles. The van der Waals surface area contributed by atoms with Crippen LogP contribution in [0.4, 0.5) is 0 Å². The van der Waals surface area contributed by atoms with Crippen molar-refractivity contribution < 1.29 is 4.52 Å². The Bertz CT molecular complexity index is 435. The van der Waals surface area contributed by atoms with Crippen molar-refractivity contribution in [2.75, 3.05) is 13.6 Å². The Morgan fingerprint density at radius 3 is 2.85 bits per heavy atom. The number of rotatable bonds is 7. The van der Waals surface area contributed by atoms with E-state index in [0.717, 1.165) is 29.9 Å². The highest BCUT2D eigenvalue weighted by molar-refractivity contribution is 5.79. The summed E-state index contributed by atoms with van der Waals surface area (Å²) in [5, 5.41) is 10.6. The van der Waals surface area contributed by atoms with E-state index in [9.17, 15) is 0 Å². The van der Waals surface area contributed by atoms with Crippen LogP contribution >= 0.6 is 0 Å². The Balaban J connectivity index is 1.66. The van der Waals surface area contributed by atoms with Gasteiger partial charge in [-0.05, 0) is 24.7 Å². The van der Waals surface area contributed by atoms with Gasteiger partial charge in [0.1, 0.15) is 0 Å². The average molecular weight is 278 g/mol. The van der Waals surface area contributed by atoms with Gasteiger partial charge in [-0.2, -0.15) is 0 Å². The molecule has 0 aromatic carbocycles. The predicted octanol–water partition coefficient (Wildman–Crippen LogP) is 2.65. The summed E-state index contributed by atoms with van der Waals surface area (Å²) >= 11 is 0. The molecule has 5 heteroatoms. The first kappa shape index (κ1) is 14.9. The molecule has 0 atom stereocenters. The minimum absolute atomic E-state index is 0.396. The quantitative estimate of drug-likeness (QED) is 0.457. The molecule has 1 aromatic heterocycles. The molecule has 2 rings (SSSR count). The monoisotopic (exact) mass is 278 g/mol. The van der Waals surface area contributed by atoms with E-state index in [2.05, 4.69) is 34.6 Å². The number of hydrogen-bond acceptors (Lipinski definition) is 3. The van der Waals surface area contributed by atoms with Crippen molar-refractivity contribution in [2.45, 2.75) is 52.0 Å². The molecule has 0 radical (unpaired) electrons. The van der Waals surface area contributed by atoms with Gasteiger partial charge in [0.05, 0.1) is 12.2 Å². The van der Waals surface area contributed by atoms with Crippen LogP contribution in [0.2, 0.25) is 0 Å². The van der Waals surface area contributed by atoms with Crippen molar-refractivity contribution >= 4 is 5.96 Å². The van der Waals surface area contributed by atoms with Crippen LogP contribution in [0.15, 0.2) is 15.6 Å². The van der Waals surface area contributed by atoms with Crippen molar-refractivity contribution in [1.82, 2.24) is 15.8 Å². The lowest BCUT2D eigenvalue weighted by atomic mass is 10.1. The van der Waals surface area contributed by atoms with Crippen LogP contribution in [-0.2, 0) is 6.54 Å². The van der Waals surface area contributed by atoms with Gasteiger partial charge in [0.2, 0.25) is 0 Å². The Morgan fingerprint density at radius 2 is 2.25 bits per heavy atom. The normalized spacial score (nSPS) is 15.7. The van der Waals surface area contributed by atoms with E-state index >= 15 is 0 Å². The van der Waals surface area contributed by atoms with E-state index < -0.39 is 0 Å². The second-order valence-corrected chi connectivity index (χ2v) is 5.81. The third-order valence-electron chi connectivity index (χ3n) is 3.60. The molecule has 0 aliphatic heterocycles. The minimum Gasteiger partial charge on any atom is -0.359 e. The van der Waals surface area contributed by atoms with Gasteiger partial charge in [-0.25, -0.2) is 0 Å². The maximum absolute atomic E-state index is 5.29. The van der Waals surface area contributed by atoms with Gasteiger partial charge in [0.15, 0.2) is 11.7 Å². The Hall–Kier alpha value is -1.52. The summed E-state index contributed by atoms with van der Waals surface area (Å²) in [7, 11) is 1.79. The van der Waals surface area contributed by atoms with Gasteiger partial charge in [0, 0.05) is 19.7 Å². The molecule has 1 aliphatic rings. The second kappa shape index (κ2) is 7.31. The van der Waals surface area contributed by atoms with Gasteiger partial charge in [0.25, 0.3) is 0 Å². The molecule has 0 spiro atoms. The highest BCUT2D eigenvalue weighted by Gasteiger charge is 2.19. The van der Waals surface area contributed by atoms with Crippen LogP contribution in [0.5, 0.6) is 0 Å². The highest BCUT2D eigenvalue weighted by Crippen LogP contribution is 2.33. The number of guanidine groups is 1. The van der Waals surface area contributed by atoms with Crippen molar-refractivity contribution in [1.29, 1.82) is 0 Å². The third kappa shape index (κ3) is 4.87. The van der Waals surface area contributed by atoms with E-state index in [1.54, 1.807) is 7.05 Å². The number of nitrogens with zero attached hydrogens (tertiary/aromatic N) is 2. The van der Waals surface area contributed by atoms with Gasteiger partial charge >= 0.3 is 0 Å². The topological polar surface area (TPSA) is 62.5 Å². The Morgan fingerprint density at radius 1 is 1.45 bits per heavy atom. The number of aromatic nitrogens is 1. The summed E-state index contributed by atoms with van der Waals surface area (Å²) in [6.07, 6.45) is 5.41. The summed E-state index contributed by atoms with van der Waals surface area (Å²) in [4.78, 5) is 4.21. The maximum Gasteiger partial charge on any atom is 0.191 e. The molecular formula is C15H26N4O. The van der Waals surface area contributed by atoms with Crippen LogP contribution in [-0.4, -0.2) is 24.7 Å². The SMILES string of the molecule is CN=C(NCCCC1CC1)NCc1cc(C(C)C)no1. The van der Waals surface area contributed by atoms with E-state index in [0.29, 0.717) is 12.5 Å². The van der Waals surface area contributed by atoms with Gasteiger partial charge in [-0.3, -0.25) is 4.99 Å². The molecule has 2 N–H and O–H groups in total. The van der Waals surface area contributed by atoms with Crippen LogP contribution in [0.3, 0.4) is 0 Å². The minimum atomic E-state index is 0.396. The molecule has 1 saturated carbocycles. The summed E-state index contributed by atoms with van der Waals surface area (Å²) in [5.74, 6) is 3.06. The highest BCUT2D eigenvalue weighted by atomic mass is 16.5. The zero-order chi connectivity index (χ0) is 14.4. The lowest BCUT2D eigenvalue weighted by Gasteiger charge is -2.10. The van der Waals surface area contributed by atoms with E-state index in [4.69, 9.17) is 4.52 Å². The average Bonchev–Trinajstić information content (AvgIpc) is 3.13. The van der Waals surface area contributed by atoms with Crippen LogP contribution in [0.25, 0.3) is 0 Å². The third-order valence-corrected chi connectivity index (χ3v) is 3.60. The fraction of sp³-hybridized carbons (Fsp3) is 0.733. The molecule has 0 bridgehead atoms. The fourth-order valence-electron chi connectivity index (χ4n) is 2.08. The summed E-state index contributed by atoms with van der Waals surface area (Å²) in [6.45, 7) is 5.80. The molecule has 5 nitrogen and oxygen atoms in total. The van der Waals surface area contributed by atoms with Crippen molar-refractivity contribution in [3.63, 3.8) is 0 Å². The van der Waals surface area contributed by atoms with E-state index in [-0.39, 0.29) is 0 Å². The Labute approximate surface area is 121 Å². The molecule has 112 valence electrons. The first-order valence-electron chi connectivity index (χ1n) is 7.59. The second-order valence-electron chi connectivity index (χ2n) is 5.81. The van der Waals surface area contributed by atoms with Crippen LogP contribution in [0, 0.1) is 5.92 Å². The van der Waals surface area contributed by atoms with Crippen LogP contribution < -0.4 is 10.6 Å². The first-order chi connectivity index (χ1) is 9.69. The number of nitrogens with one attached hydrogen (secondary N) is 2. The lowest BCUT2D eigenvalue weighted by molar-refractivity contribution is 0.372. The van der Waals surface area contributed by atoms with Crippen molar-refractivity contribution in [3.05, 3.63) is 17.5 Å². The predicted molar refractivity (Wildman–Crippen MR) is 80.8 cm³/mol. The number of aliphatic imine (C=N–C) groups is 1. The van der Waals surface area contributed by atoms with Gasteiger partial charge < -0.3 is 15.2 Å². The molecule has 1 aromatic rings. The zero-order valence-corrected chi connectivity index (χ0v) is 12.8. The van der Waals surface area contributed by atoms with Gasteiger partial charge in [-0.1, -0.05) is 31.8 Å². The summed E-state index contributed by atoms with van der Waals surface area (Å²) in [6, 6.07) is 2.00. The fourth-order valence-corrected chi connectivity index (χ4v) is 2.08. The molecule has 0 amide bonds. The smallest absolute Gasteiger partial charge is 0.191 e. The van der Waals surface area contributed by atoms with Crippen LogP contribution in [0.1, 0.15) is 56.9 Å². The molecule has 1 fully saturated rings. The zero-order valence-electron chi connectivity index (χ0n) is 12.8. The van der Waals surface area contributed by atoms with E-state index in [1.807, 2.05) is 6.07 Å². The molecular weight excluding hydrogens is 252 g/mol. The molecule has 0 saturated heterocycles. The molecule has 1 aliphatic carbocycles. The first-order valence-corrected chi connectivity index (χ1v) is 7.59. The summed E-state index contributed by atoms with van der Waals surface area (Å²) in [5.41, 5.74) is 0.995. The number of hydrogen-bond donors (Lipinski definition) is 2. The largest absolute Gasteiger partial charge is 0.359 e. The standard InChI is InChI=1S/C15H26N4O/c1-11(2)14-9-13(20-19-14)10-18-15(16-3)17-8-4-5-12-6-7-12/h9,11-12H,4-8,10H2,1-3H3,(H2,16,17,18). The van der Waals surface area contributed by atoms with E-state index in [1.165, 1.54) is 25.7 Å². The van der Waals surface area contributed by atoms with Crippen molar-refractivity contribution in [2.24, 2.45) is 10.9 Å². The van der Waals surface area contributed by atoms with Gasteiger partial charge in [-0.15, -0.1) is 0 Å². The van der Waals surface area contributed by atoms with Crippen molar-refractivity contribution in [3.8, 4) is 0 Å². The molecule has 20 heavy (non-hydrogen) atoms. The Kier molecular flexibility index (Phi) is 5.44. The lowest BCUT2D eigenvalue weighted by Crippen LogP contribution is -2.37. The molecule has 0 unspecified atom stereocenters. The maximum atomic E-state index is 5.29.